The fourth-order valence-electron chi connectivity index (χ4n) is 17.4. The van der Waals surface area contributed by atoms with Crippen LogP contribution in [0, 0.1) is 46.4 Å². The van der Waals surface area contributed by atoms with E-state index < -0.39 is 17.0 Å². The molecule has 0 aliphatic carbocycles. The molecule has 0 aromatic carbocycles. The highest BCUT2D eigenvalue weighted by Gasteiger charge is 2.47. The lowest BCUT2D eigenvalue weighted by molar-refractivity contribution is -0.00884. The van der Waals surface area contributed by atoms with Crippen molar-refractivity contribution in [2.75, 3.05) is 115 Å². The number of nitriles is 3. The number of fused-ring (bicyclic) bond motifs is 5. The average molecular weight is 1660 g/mol. The molecule has 0 spiro atoms. The molecule has 8 aliphatic rings. The Morgan fingerprint density at radius 3 is 1.26 bits per heavy atom. The minimum Gasteiger partial charge on any atom is -0.479 e. The Labute approximate surface area is 707 Å². The standard InChI is InChI=1S/C30H28ClN9O.C29H29ClN8O2.C29H29FN8O2/c1-29(37-28(41)26-24(31)5-4-10-34-26)8-11-38(12-9-29)25-7-6-20(15-35-25)23-13-22(39-18-30(2,19-39)33-3)17-40-27(23)21(14-32)16-36-40;1-28(35-27(39)25-23(30)4-3-9-32-25)7-10-36(11-8-28)24-6-5-19(14-33-24)22-12-21(37-17-29(2,40)18-37)16-38-26(22)20(13-31)15-34-38;1-29(39)16-36(17-29)21-7-24(27-20(8-31)11-34-38(27)15-21)19-3-4-26(32-10-19)35-13-22-6-23(14-35)37(22)12-18-5-25(30)28(40-2)33-9-18/h4-7,10,13,15-17H,8-9,11-12,18-19H2,1-2H3,(H,37,41);3-6,9,12,14-16,40H,7-8,10-11,17-18H2,1-2H3,(H,35,39);3-5,7,9-11,15,22-23,39H,6,12-14,16-17H2,1-2H3. The molecule has 614 valence electrons. The van der Waals surface area contributed by atoms with Crippen LogP contribution in [-0.4, -0.2) is 211 Å². The maximum absolute atomic E-state index is 14.1. The van der Waals surface area contributed by atoms with Gasteiger partial charge in [-0.2, -0.15) is 31.1 Å². The molecule has 20 heterocycles. The van der Waals surface area contributed by atoms with E-state index >= 15 is 0 Å². The van der Waals surface area contributed by atoms with Crippen LogP contribution in [0.2, 0.25) is 10.0 Å². The van der Waals surface area contributed by atoms with Crippen LogP contribution in [0.4, 0.5) is 38.9 Å². The number of pyridine rings is 9. The highest BCUT2D eigenvalue weighted by molar-refractivity contribution is 6.34. The second-order valence-corrected chi connectivity index (χ2v) is 34.6. The molecule has 12 aromatic heterocycles. The van der Waals surface area contributed by atoms with Crippen LogP contribution < -0.4 is 44.8 Å². The van der Waals surface area contributed by atoms with Crippen molar-refractivity contribution in [1.29, 1.82) is 15.8 Å². The van der Waals surface area contributed by atoms with Crippen molar-refractivity contribution in [3.8, 4) is 57.5 Å². The van der Waals surface area contributed by atoms with Crippen LogP contribution in [0.5, 0.6) is 5.88 Å². The van der Waals surface area contributed by atoms with Gasteiger partial charge in [0.2, 0.25) is 5.88 Å². The molecule has 8 saturated heterocycles. The zero-order valence-electron chi connectivity index (χ0n) is 67.4. The van der Waals surface area contributed by atoms with Crippen molar-refractivity contribution >= 4 is 86.1 Å². The number of amides is 2. The van der Waals surface area contributed by atoms with Gasteiger partial charge < -0.3 is 59.8 Å². The van der Waals surface area contributed by atoms with Crippen LogP contribution in [0.25, 0.3) is 54.8 Å². The smallest absolute Gasteiger partial charge is 0.271 e. The molecule has 8 aliphatic heterocycles. The van der Waals surface area contributed by atoms with Gasteiger partial charge in [0.05, 0.1) is 129 Å². The van der Waals surface area contributed by atoms with Gasteiger partial charge in [-0.05, 0) is 150 Å². The number of anilines is 6. The van der Waals surface area contributed by atoms with E-state index in [2.05, 4.69) is 110 Å². The lowest BCUT2D eigenvalue weighted by Crippen LogP contribution is -2.68. The summed E-state index contributed by atoms with van der Waals surface area (Å²) in [5.74, 6) is 1.67. The molecule has 121 heavy (non-hydrogen) atoms. The number of aliphatic hydroxyl groups is 2. The molecule has 20 rings (SSSR count). The van der Waals surface area contributed by atoms with Crippen LogP contribution in [-0.2, 0) is 6.54 Å². The van der Waals surface area contributed by atoms with Crippen molar-refractivity contribution in [2.24, 2.45) is 0 Å². The van der Waals surface area contributed by atoms with Crippen molar-refractivity contribution < 1.29 is 28.9 Å². The molecular weight excluding hydrogens is 1580 g/mol. The lowest BCUT2D eigenvalue weighted by atomic mass is 9.87. The van der Waals surface area contributed by atoms with Crippen molar-refractivity contribution in [2.45, 2.75) is 113 Å². The lowest BCUT2D eigenvalue weighted by Gasteiger charge is -2.56. The molecule has 30 nitrogen and oxygen atoms in total. The maximum Gasteiger partial charge on any atom is 0.271 e. The van der Waals surface area contributed by atoms with Gasteiger partial charge in [-0.15, -0.1) is 0 Å². The van der Waals surface area contributed by atoms with Gasteiger partial charge in [0, 0.05) is 173 Å². The first-order valence-electron chi connectivity index (χ1n) is 39.9. The third-order valence-electron chi connectivity index (χ3n) is 24.1. The predicted molar refractivity (Wildman–Crippen MR) is 456 cm³/mol. The van der Waals surface area contributed by atoms with Crippen LogP contribution in [0.3, 0.4) is 0 Å². The number of ether oxygens (including phenoxy) is 1. The molecule has 12 aromatic rings. The molecule has 2 atom stereocenters. The predicted octanol–water partition coefficient (Wildman–Crippen LogP) is 11.1. The quantitative estimate of drug-likeness (QED) is 0.0653. The number of carbonyl (C=O) groups is 2. The Morgan fingerprint density at radius 1 is 0.537 bits per heavy atom. The van der Waals surface area contributed by atoms with E-state index in [0.29, 0.717) is 84.6 Å². The maximum atomic E-state index is 14.1. The summed E-state index contributed by atoms with van der Waals surface area (Å²) in [5, 5.41) is 69.7. The fourth-order valence-corrected chi connectivity index (χ4v) is 17.8. The van der Waals surface area contributed by atoms with Crippen molar-refractivity contribution in [1.82, 2.24) is 74.3 Å². The molecule has 4 N–H and O–H groups in total. The fraction of sp³-hybridized carbons (Fsp3) is 0.352. The Balaban J connectivity index is 0.000000129. The number of rotatable bonds is 16. The minimum absolute atomic E-state index is 0.0199. The summed E-state index contributed by atoms with van der Waals surface area (Å²) in [6.07, 6.45) is 24.9. The van der Waals surface area contributed by atoms with E-state index in [1.165, 1.54) is 13.2 Å². The third-order valence-corrected chi connectivity index (χ3v) is 24.7. The number of piperidine rings is 3. The SMILES string of the molecule is CC1(O)CN(c2cc(-c3ccc(N4CCC(C)(NC(=O)c5ncccc5Cl)CC4)nc3)c3c(C#N)cnn3c2)C1.COc1ncc(CN2C3CC2CN(c2ccc(-c4cc(N5CC(C)(O)C5)cn5ncc(C#N)c45)cn2)C3)cc1F.[C-]#[N+]C1(C)CN(c2cc(-c3ccc(N4CCC(C)(NC(=O)c5ncccc5Cl)CC4)nc3)c3c(C#N)cnn3c2)C1. The highest BCUT2D eigenvalue weighted by atomic mass is 35.5. The average Bonchev–Trinajstić information content (AvgIpc) is 1.54. The summed E-state index contributed by atoms with van der Waals surface area (Å²) in [7, 11) is 1.42. The van der Waals surface area contributed by atoms with Crippen LogP contribution >= 0.6 is 23.2 Å². The topological polar surface area (TPSA) is 336 Å². The second kappa shape index (κ2) is 31.9. The zero-order chi connectivity index (χ0) is 84.4. The van der Waals surface area contributed by atoms with E-state index in [4.69, 9.17) is 49.5 Å². The molecule has 2 bridgehead atoms. The van der Waals surface area contributed by atoms with Gasteiger partial charge in [-0.3, -0.25) is 14.5 Å². The molecular formula is C88H86Cl2FN25O5. The summed E-state index contributed by atoms with van der Waals surface area (Å²) < 4.78 is 24.3. The summed E-state index contributed by atoms with van der Waals surface area (Å²) in [5.41, 5.74) is 10.6. The number of halogens is 3. The molecule has 2 amide bonds. The van der Waals surface area contributed by atoms with Crippen molar-refractivity contribution in [3.63, 3.8) is 0 Å². The number of nitrogens with zero attached hydrogens (tertiary/aromatic N) is 23. The molecule has 33 heteroatoms. The Morgan fingerprint density at radius 2 is 0.926 bits per heavy atom. The van der Waals surface area contributed by atoms with Gasteiger partial charge >= 0.3 is 0 Å². The van der Waals surface area contributed by atoms with E-state index in [-0.39, 0.29) is 45.7 Å². The third kappa shape index (κ3) is 16.1. The Hall–Kier alpha value is -13.1. The number of carbonyl (C=O) groups excluding carboxylic acids is 2. The van der Waals surface area contributed by atoms with E-state index in [1.54, 1.807) is 75.0 Å². The van der Waals surface area contributed by atoms with Crippen LogP contribution in [0.15, 0.2) is 159 Å². The number of β-amino-alcohol motifs (C(OH)–C–C–N with tert-alkyl or cyclic N) is 2. The number of piperazine rings is 1. The first kappa shape index (κ1) is 80.3. The Kier molecular flexibility index (Phi) is 21.1. The first-order chi connectivity index (χ1) is 58.2. The zero-order valence-corrected chi connectivity index (χ0v) is 68.9. The monoisotopic (exact) mass is 1660 g/mol. The van der Waals surface area contributed by atoms with Crippen molar-refractivity contribution in [3.05, 3.63) is 220 Å². The number of aromatic nitrogens is 12. The summed E-state index contributed by atoms with van der Waals surface area (Å²) >= 11 is 12.3. The number of hydrogen-bond acceptors (Lipinski definition) is 24. The summed E-state index contributed by atoms with van der Waals surface area (Å²) in [4.78, 5) is 71.5. The molecule has 8 fully saturated rings. The number of nitrogens with one attached hydrogen (secondary N) is 2. The van der Waals surface area contributed by atoms with Gasteiger partial charge in [0.1, 0.15) is 47.0 Å². The van der Waals surface area contributed by atoms with Gasteiger partial charge in [0.15, 0.2) is 5.82 Å². The first-order valence-corrected chi connectivity index (χ1v) is 40.7. The molecule has 0 saturated carbocycles. The van der Waals surface area contributed by atoms with E-state index in [0.717, 1.165) is 161 Å². The van der Waals surface area contributed by atoms with E-state index in [9.17, 15) is 40.0 Å². The molecule has 2 unspecified atom stereocenters. The highest BCUT2D eigenvalue weighted by Crippen LogP contribution is 2.42. The number of methoxy groups -OCH3 is 1. The summed E-state index contributed by atoms with van der Waals surface area (Å²) in [6, 6.07) is 34.0. The van der Waals surface area contributed by atoms with Crippen LogP contribution in [0.1, 0.15) is 110 Å². The van der Waals surface area contributed by atoms with Gasteiger partial charge in [0.25, 0.3) is 17.4 Å². The number of hydrogen-bond donors (Lipinski definition) is 4. The second-order valence-electron chi connectivity index (χ2n) is 33.7. The minimum atomic E-state index is -0.709. The normalized spacial score (nSPS) is 18.9. The largest absolute Gasteiger partial charge is 0.479 e. The van der Waals surface area contributed by atoms with Gasteiger partial charge in [-0.1, -0.05) is 23.2 Å². The Bertz CT molecular complexity index is 6160. The van der Waals surface area contributed by atoms with Gasteiger partial charge in [-0.25, -0.2) is 54.4 Å². The molecule has 0 radical (unpaired) electrons. The summed E-state index contributed by atoms with van der Waals surface area (Å²) in [6.45, 7) is 25.9. The van der Waals surface area contributed by atoms with E-state index in [1.807, 2.05) is 114 Å².